The lowest BCUT2D eigenvalue weighted by Gasteiger charge is -2.09. The molecule has 0 aromatic heterocycles. The maximum atomic E-state index is 11.9. The molecule has 2 atom stereocenters. The third-order valence-electron chi connectivity index (χ3n) is 2.85. The van der Waals surface area contributed by atoms with Gasteiger partial charge in [0, 0.05) is 13.5 Å². The Morgan fingerprint density at radius 1 is 1.47 bits per heavy atom. The van der Waals surface area contributed by atoms with Gasteiger partial charge in [0.25, 0.3) is 0 Å². The Labute approximate surface area is 111 Å². The van der Waals surface area contributed by atoms with Crippen molar-refractivity contribution in [1.29, 1.82) is 0 Å². The topological polar surface area (TPSA) is 61.8 Å². The number of hydrogen-bond donors (Lipinski definition) is 0. The van der Waals surface area contributed by atoms with Crippen molar-refractivity contribution in [3.63, 3.8) is 0 Å². The van der Waals surface area contributed by atoms with Gasteiger partial charge < -0.3 is 14.2 Å². The van der Waals surface area contributed by atoms with Gasteiger partial charge in [-0.1, -0.05) is 12.1 Å². The molecule has 0 bridgehead atoms. The molecule has 0 saturated carbocycles. The van der Waals surface area contributed by atoms with Crippen LogP contribution in [-0.2, 0) is 25.6 Å². The standard InChI is InChI=1S/C14H16O5/c1-9-6-12(14(16)18-9)19-13(15)11-5-3-4-10(7-11)8-17-2/h3-5,7,9,12H,6,8H2,1-2H3. The second-order valence-electron chi connectivity index (χ2n) is 4.51. The van der Waals surface area contributed by atoms with Crippen molar-refractivity contribution in [1.82, 2.24) is 0 Å². The molecule has 2 rings (SSSR count). The Balaban J connectivity index is 2.03. The number of benzene rings is 1. The predicted molar refractivity (Wildman–Crippen MR) is 66.5 cm³/mol. The highest BCUT2D eigenvalue weighted by Gasteiger charge is 2.35. The van der Waals surface area contributed by atoms with E-state index in [9.17, 15) is 9.59 Å². The molecule has 1 heterocycles. The molecule has 102 valence electrons. The summed E-state index contributed by atoms with van der Waals surface area (Å²) < 4.78 is 15.1. The van der Waals surface area contributed by atoms with Crippen molar-refractivity contribution in [2.24, 2.45) is 0 Å². The molecular formula is C14H16O5. The molecule has 0 radical (unpaired) electrons. The van der Waals surface area contributed by atoms with E-state index >= 15 is 0 Å². The molecule has 0 N–H and O–H groups in total. The first-order valence-electron chi connectivity index (χ1n) is 6.09. The number of carbonyl (C=O) groups is 2. The first-order valence-corrected chi connectivity index (χ1v) is 6.09. The van der Waals surface area contributed by atoms with Gasteiger partial charge in [-0.2, -0.15) is 0 Å². The van der Waals surface area contributed by atoms with Crippen LogP contribution >= 0.6 is 0 Å². The highest BCUT2D eigenvalue weighted by atomic mass is 16.6. The van der Waals surface area contributed by atoms with Crippen LogP contribution in [0.1, 0.15) is 29.3 Å². The SMILES string of the molecule is COCc1cccc(C(=O)OC2CC(C)OC2=O)c1. The summed E-state index contributed by atoms with van der Waals surface area (Å²) in [6.07, 6.45) is -0.596. The minimum absolute atomic E-state index is 0.204. The summed E-state index contributed by atoms with van der Waals surface area (Å²) in [7, 11) is 1.58. The summed E-state index contributed by atoms with van der Waals surface area (Å²) in [6, 6.07) is 6.94. The second kappa shape index (κ2) is 5.84. The lowest BCUT2D eigenvalue weighted by atomic mass is 10.1. The van der Waals surface area contributed by atoms with Crippen LogP contribution in [-0.4, -0.2) is 31.3 Å². The van der Waals surface area contributed by atoms with Gasteiger partial charge >= 0.3 is 11.9 Å². The zero-order chi connectivity index (χ0) is 13.8. The molecule has 0 spiro atoms. The molecule has 1 aliphatic rings. The van der Waals surface area contributed by atoms with E-state index in [1.807, 2.05) is 6.07 Å². The van der Waals surface area contributed by atoms with Crippen LogP contribution in [0.3, 0.4) is 0 Å². The fourth-order valence-electron chi connectivity index (χ4n) is 1.97. The summed E-state index contributed by atoms with van der Waals surface area (Å²) in [5.41, 5.74) is 1.28. The van der Waals surface area contributed by atoms with Crippen LogP contribution < -0.4 is 0 Å². The van der Waals surface area contributed by atoms with Gasteiger partial charge in [-0.25, -0.2) is 9.59 Å². The molecule has 1 aliphatic heterocycles. The maximum absolute atomic E-state index is 11.9. The van der Waals surface area contributed by atoms with Gasteiger partial charge in [-0.15, -0.1) is 0 Å². The fraction of sp³-hybridized carbons (Fsp3) is 0.429. The van der Waals surface area contributed by atoms with Crippen molar-refractivity contribution >= 4 is 11.9 Å². The molecule has 2 unspecified atom stereocenters. The van der Waals surface area contributed by atoms with Crippen molar-refractivity contribution < 1.29 is 23.8 Å². The molecular weight excluding hydrogens is 248 g/mol. The monoisotopic (exact) mass is 264 g/mol. The van der Waals surface area contributed by atoms with Gasteiger partial charge in [0.2, 0.25) is 6.10 Å². The Bertz CT molecular complexity index is 482. The molecule has 0 aliphatic carbocycles. The van der Waals surface area contributed by atoms with E-state index in [-0.39, 0.29) is 6.10 Å². The summed E-state index contributed by atoms with van der Waals surface area (Å²) >= 11 is 0. The number of methoxy groups -OCH3 is 1. The van der Waals surface area contributed by atoms with Gasteiger partial charge in [-0.05, 0) is 24.6 Å². The molecule has 5 nitrogen and oxygen atoms in total. The van der Waals surface area contributed by atoms with Crippen molar-refractivity contribution in [3.8, 4) is 0 Å². The number of carbonyl (C=O) groups excluding carboxylic acids is 2. The lowest BCUT2D eigenvalue weighted by Crippen LogP contribution is -2.22. The van der Waals surface area contributed by atoms with Crippen LogP contribution in [0.5, 0.6) is 0 Å². The van der Waals surface area contributed by atoms with Crippen molar-refractivity contribution in [2.75, 3.05) is 7.11 Å². The van der Waals surface area contributed by atoms with Gasteiger partial charge in [0.15, 0.2) is 0 Å². The van der Waals surface area contributed by atoms with Crippen LogP contribution in [0.4, 0.5) is 0 Å². The molecule has 1 fully saturated rings. The minimum atomic E-state index is -0.798. The molecule has 5 heteroatoms. The fourth-order valence-corrected chi connectivity index (χ4v) is 1.97. The second-order valence-corrected chi connectivity index (χ2v) is 4.51. The third-order valence-corrected chi connectivity index (χ3v) is 2.85. The van der Waals surface area contributed by atoms with Crippen LogP contribution in [0.15, 0.2) is 24.3 Å². The summed E-state index contributed by atoms with van der Waals surface area (Å²) in [5.74, 6) is -0.997. The average molecular weight is 264 g/mol. The largest absolute Gasteiger partial charge is 0.460 e. The van der Waals surface area contributed by atoms with Crippen LogP contribution in [0.2, 0.25) is 0 Å². The zero-order valence-corrected chi connectivity index (χ0v) is 10.9. The van der Waals surface area contributed by atoms with Gasteiger partial charge in [0.1, 0.15) is 6.10 Å². The van der Waals surface area contributed by atoms with E-state index in [1.165, 1.54) is 0 Å². The average Bonchev–Trinajstić information content (AvgIpc) is 2.68. The maximum Gasteiger partial charge on any atom is 0.347 e. The van der Waals surface area contributed by atoms with Gasteiger partial charge in [0.05, 0.1) is 12.2 Å². The van der Waals surface area contributed by atoms with Crippen molar-refractivity contribution in [2.45, 2.75) is 32.2 Å². The van der Waals surface area contributed by atoms with E-state index in [0.717, 1.165) is 5.56 Å². The van der Waals surface area contributed by atoms with E-state index in [1.54, 1.807) is 32.2 Å². The van der Waals surface area contributed by atoms with Crippen LogP contribution in [0.25, 0.3) is 0 Å². The normalized spacial score (nSPS) is 22.1. The zero-order valence-electron chi connectivity index (χ0n) is 10.9. The number of rotatable bonds is 4. The quantitative estimate of drug-likeness (QED) is 0.774. The predicted octanol–water partition coefficient (Wildman–Crippen LogP) is 1.69. The van der Waals surface area contributed by atoms with E-state index < -0.39 is 18.0 Å². The number of esters is 2. The van der Waals surface area contributed by atoms with E-state index in [4.69, 9.17) is 14.2 Å². The highest BCUT2D eigenvalue weighted by molar-refractivity contribution is 5.91. The molecule has 19 heavy (non-hydrogen) atoms. The van der Waals surface area contributed by atoms with E-state index in [0.29, 0.717) is 18.6 Å². The number of ether oxygens (including phenoxy) is 3. The molecule has 1 aromatic rings. The highest BCUT2D eigenvalue weighted by Crippen LogP contribution is 2.19. The molecule has 1 aromatic carbocycles. The first kappa shape index (κ1) is 13.5. The molecule has 0 amide bonds. The van der Waals surface area contributed by atoms with Gasteiger partial charge in [-0.3, -0.25) is 0 Å². The number of hydrogen-bond acceptors (Lipinski definition) is 5. The van der Waals surface area contributed by atoms with E-state index in [2.05, 4.69) is 0 Å². The summed E-state index contributed by atoms with van der Waals surface area (Å²) in [4.78, 5) is 23.3. The minimum Gasteiger partial charge on any atom is -0.460 e. The summed E-state index contributed by atoms with van der Waals surface area (Å²) in [6.45, 7) is 2.19. The lowest BCUT2D eigenvalue weighted by molar-refractivity contribution is -0.147. The Hall–Kier alpha value is -1.88. The Morgan fingerprint density at radius 3 is 2.89 bits per heavy atom. The Kier molecular flexibility index (Phi) is 4.16. The Morgan fingerprint density at radius 2 is 2.26 bits per heavy atom. The smallest absolute Gasteiger partial charge is 0.347 e. The third kappa shape index (κ3) is 3.32. The first-order chi connectivity index (χ1) is 9.10. The molecule has 1 saturated heterocycles. The van der Waals surface area contributed by atoms with Crippen LogP contribution in [0, 0.1) is 0 Å². The van der Waals surface area contributed by atoms with Crippen molar-refractivity contribution in [3.05, 3.63) is 35.4 Å². The summed E-state index contributed by atoms with van der Waals surface area (Å²) in [5, 5.41) is 0. The number of cyclic esters (lactones) is 1.